The van der Waals surface area contributed by atoms with Gasteiger partial charge in [0.2, 0.25) is 0 Å². The van der Waals surface area contributed by atoms with Crippen LogP contribution in [0, 0.1) is 13.8 Å². The number of thiol groups is 1. The van der Waals surface area contributed by atoms with E-state index in [1.807, 2.05) is 0 Å². The second kappa shape index (κ2) is 9.02. The number of hydrogen-bond acceptors (Lipinski definition) is 3. The molecule has 0 unspecified atom stereocenters. The summed E-state index contributed by atoms with van der Waals surface area (Å²) < 4.78 is 57.5. The fourth-order valence-electron chi connectivity index (χ4n) is 2.54. The average Bonchev–Trinajstić information content (AvgIpc) is 2.62. The molecule has 0 radical (unpaired) electrons. The van der Waals surface area contributed by atoms with Crippen molar-refractivity contribution in [2.75, 3.05) is 0 Å². The average molecular weight is 441 g/mol. The van der Waals surface area contributed by atoms with Crippen molar-refractivity contribution in [1.82, 2.24) is 0 Å². The van der Waals surface area contributed by atoms with Gasteiger partial charge < -0.3 is 0 Å². The highest BCUT2D eigenvalue weighted by molar-refractivity contribution is 7.86. The number of halogens is 3. The van der Waals surface area contributed by atoms with Gasteiger partial charge in [-0.3, -0.25) is 4.55 Å². The van der Waals surface area contributed by atoms with Gasteiger partial charge in [-0.1, -0.05) is 71.8 Å². The maximum atomic E-state index is 10.7. The van der Waals surface area contributed by atoms with Gasteiger partial charge in [0.25, 0.3) is 0 Å². The van der Waals surface area contributed by atoms with Crippen LogP contribution < -0.4 is 0 Å². The summed E-state index contributed by atoms with van der Waals surface area (Å²) in [4.78, 5) is 1.01. The molecule has 3 aromatic rings. The molecular weight excluding hydrogens is 421 g/mol. The van der Waals surface area contributed by atoms with Gasteiger partial charge in [-0.05, 0) is 36.6 Å². The Morgan fingerprint density at radius 3 is 1.62 bits per heavy atom. The van der Waals surface area contributed by atoms with E-state index in [4.69, 9.17) is 13.0 Å². The van der Waals surface area contributed by atoms with Gasteiger partial charge in [-0.25, -0.2) is 0 Å². The summed E-state index contributed by atoms with van der Waals surface area (Å²) >= 11 is 4.68. The molecule has 0 heterocycles. The van der Waals surface area contributed by atoms with Crippen LogP contribution in [0.3, 0.4) is 0 Å². The second-order valence-electron chi connectivity index (χ2n) is 6.35. The number of aryl methyl sites for hydroxylation is 2. The summed E-state index contributed by atoms with van der Waals surface area (Å²) in [7, 11) is -5.84. The number of rotatable bonds is 2. The van der Waals surface area contributed by atoms with Crippen molar-refractivity contribution >= 4 is 22.7 Å². The van der Waals surface area contributed by atoms with Gasteiger partial charge >= 0.3 is 15.6 Å². The molecule has 0 aliphatic heterocycles. The van der Waals surface area contributed by atoms with Crippen LogP contribution in [0.15, 0.2) is 71.6 Å². The van der Waals surface area contributed by atoms with Gasteiger partial charge in [0.05, 0.1) is 0 Å². The van der Waals surface area contributed by atoms with Crippen LogP contribution in [0.2, 0.25) is 0 Å². The third-order valence-electron chi connectivity index (χ3n) is 4.04. The Morgan fingerprint density at radius 2 is 1.21 bits per heavy atom. The zero-order valence-corrected chi connectivity index (χ0v) is 17.3. The third-order valence-corrected chi connectivity index (χ3v) is 5.00. The van der Waals surface area contributed by atoms with E-state index in [0.717, 1.165) is 4.90 Å². The molecule has 1 N–H and O–H groups in total. The molecule has 0 atom stereocenters. The van der Waals surface area contributed by atoms with E-state index < -0.39 is 15.6 Å². The van der Waals surface area contributed by atoms with E-state index in [0.29, 0.717) is 0 Å². The Morgan fingerprint density at radius 1 is 0.793 bits per heavy atom. The van der Waals surface area contributed by atoms with Gasteiger partial charge in [0.1, 0.15) is 0 Å². The van der Waals surface area contributed by atoms with Crippen LogP contribution in [0.1, 0.15) is 11.1 Å². The first-order valence-electron chi connectivity index (χ1n) is 8.40. The lowest BCUT2D eigenvalue weighted by Crippen LogP contribution is -2.21. The highest BCUT2D eigenvalue weighted by atomic mass is 32.2. The summed E-state index contributed by atoms with van der Waals surface area (Å²) in [5.41, 5.74) is 1.88. The van der Waals surface area contributed by atoms with Crippen LogP contribution in [0.25, 0.3) is 22.3 Å². The fourth-order valence-corrected chi connectivity index (χ4v) is 2.87. The highest BCUT2D eigenvalue weighted by Gasteiger charge is 2.44. The molecule has 0 saturated heterocycles. The molecule has 8 heteroatoms. The van der Waals surface area contributed by atoms with E-state index in [-0.39, 0.29) is 0 Å². The van der Waals surface area contributed by atoms with Crippen molar-refractivity contribution in [1.29, 1.82) is 0 Å². The highest BCUT2D eigenvalue weighted by Crippen LogP contribution is 2.36. The second-order valence-corrected chi connectivity index (χ2v) is 8.25. The summed E-state index contributed by atoms with van der Waals surface area (Å²) in [5.74, 6) is 0. The minimum atomic E-state index is -5.84. The van der Waals surface area contributed by atoms with Crippen molar-refractivity contribution < 1.29 is 26.1 Å². The SMILES string of the molecule is Cc1ccc(-c2cccc(S)c2-c2ccc(C)cc2)cc1.O=S(=O)(O)C(F)(F)F. The first-order valence-corrected chi connectivity index (χ1v) is 10.3. The van der Waals surface area contributed by atoms with Crippen LogP contribution in [-0.2, 0) is 10.1 Å². The maximum absolute atomic E-state index is 10.7. The number of benzene rings is 3. The molecule has 3 rings (SSSR count). The molecule has 154 valence electrons. The standard InChI is InChI=1S/C20H18S.CHF3O3S/c1-14-6-10-16(11-7-14)18-4-3-5-19(21)20(18)17-12-8-15(2)9-13-17;2-1(3,4)8(5,6)7/h3-13,21H,1-2H3;(H,5,6,7). The minimum Gasteiger partial charge on any atom is -0.279 e. The van der Waals surface area contributed by atoms with Crippen molar-refractivity contribution in [2.45, 2.75) is 24.3 Å². The molecule has 3 nitrogen and oxygen atoms in total. The monoisotopic (exact) mass is 440 g/mol. The lowest BCUT2D eigenvalue weighted by molar-refractivity contribution is -0.0510. The zero-order valence-electron chi connectivity index (χ0n) is 15.6. The van der Waals surface area contributed by atoms with Crippen LogP contribution in [0.4, 0.5) is 13.2 Å². The van der Waals surface area contributed by atoms with Crippen LogP contribution >= 0.6 is 12.6 Å². The lowest BCUT2D eigenvalue weighted by atomic mass is 9.93. The quantitative estimate of drug-likeness (QED) is 0.279. The summed E-state index contributed by atoms with van der Waals surface area (Å²) in [6.45, 7) is 4.22. The van der Waals surface area contributed by atoms with E-state index in [1.54, 1.807) is 0 Å². The molecule has 0 saturated carbocycles. The van der Waals surface area contributed by atoms with E-state index in [1.165, 1.54) is 33.4 Å². The van der Waals surface area contributed by atoms with Crippen LogP contribution in [0.5, 0.6) is 0 Å². The first-order chi connectivity index (χ1) is 13.4. The third kappa shape index (κ3) is 6.09. The molecule has 0 bridgehead atoms. The van der Waals surface area contributed by atoms with E-state index >= 15 is 0 Å². The van der Waals surface area contributed by atoms with Crippen molar-refractivity contribution in [3.8, 4) is 22.3 Å². The van der Waals surface area contributed by atoms with E-state index in [9.17, 15) is 13.2 Å². The normalized spacial score (nSPS) is 11.6. The smallest absolute Gasteiger partial charge is 0.279 e. The summed E-state index contributed by atoms with van der Waals surface area (Å²) in [6, 6.07) is 23.6. The Bertz CT molecular complexity index is 1070. The largest absolute Gasteiger partial charge is 0.522 e. The van der Waals surface area contributed by atoms with E-state index in [2.05, 4.69) is 93.2 Å². The molecular formula is C21H19F3O3S2. The predicted octanol–water partition coefficient (Wildman–Crippen LogP) is 6.32. The summed E-state index contributed by atoms with van der Waals surface area (Å²) in [6.07, 6.45) is 0. The lowest BCUT2D eigenvalue weighted by Gasteiger charge is -2.13. The Balaban J connectivity index is 0.000000321. The maximum Gasteiger partial charge on any atom is 0.522 e. The van der Waals surface area contributed by atoms with Crippen LogP contribution in [-0.4, -0.2) is 18.5 Å². The van der Waals surface area contributed by atoms with Crippen molar-refractivity contribution in [3.05, 3.63) is 77.9 Å². The minimum absolute atomic E-state index is 1.01. The van der Waals surface area contributed by atoms with Gasteiger partial charge in [0, 0.05) is 10.5 Å². The predicted molar refractivity (Wildman–Crippen MR) is 112 cm³/mol. The Kier molecular flexibility index (Phi) is 7.15. The molecule has 0 aliphatic rings. The summed E-state index contributed by atoms with van der Waals surface area (Å²) in [5, 5.41) is 0. The Hall–Kier alpha value is -2.29. The molecule has 0 fully saturated rings. The Labute approximate surface area is 173 Å². The molecule has 3 aromatic carbocycles. The van der Waals surface area contributed by atoms with Crippen molar-refractivity contribution in [2.24, 2.45) is 0 Å². The molecule has 0 aliphatic carbocycles. The van der Waals surface area contributed by atoms with Gasteiger partial charge in [-0.15, -0.1) is 12.6 Å². The molecule has 0 spiro atoms. The van der Waals surface area contributed by atoms with Crippen molar-refractivity contribution in [3.63, 3.8) is 0 Å². The number of hydrogen-bond donors (Lipinski definition) is 2. The molecule has 0 amide bonds. The molecule has 29 heavy (non-hydrogen) atoms. The number of alkyl halides is 3. The fraction of sp³-hybridized carbons (Fsp3) is 0.143. The first kappa shape index (κ1) is 23.0. The van der Waals surface area contributed by atoms with Gasteiger partial charge in [0.15, 0.2) is 0 Å². The van der Waals surface area contributed by atoms with Gasteiger partial charge in [-0.2, -0.15) is 21.6 Å². The zero-order chi connectivity index (χ0) is 21.8. The topological polar surface area (TPSA) is 54.4 Å². The molecule has 0 aromatic heterocycles.